The summed E-state index contributed by atoms with van der Waals surface area (Å²) in [4.78, 5) is 11.7. The summed E-state index contributed by atoms with van der Waals surface area (Å²) in [6.07, 6.45) is 4.42. The number of carbonyl (C=O) groups is 1. The maximum absolute atomic E-state index is 11.7. The van der Waals surface area contributed by atoms with E-state index in [-0.39, 0.29) is 17.8 Å². The van der Waals surface area contributed by atoms with Gasteiger partial charge in [0.05, 0.1) is 10.7 Å². The van der Waals surface area contributed by atoms with Gasteiger partial charge in [0, 0.05) is 12.1 Å². The molecule has 1 aliphatic carbocycles. The Morgan fingerprint density at radius 3 is 2.71 bits per heavy atom. The van der Waals surface area contributed by atoms with Gasteiger partial charge in [0.1, 0.15) is 5.75 Å². The van der Waals surface area contributed by atoms with E-state index in [9.17, 15) is 9.90 Å². The molecule has 2 rings (SSSR count). The highest BCUT2D eigenvalue weighted by Gasteiger charge is 2.17. The first-order valence-corrected chi connectivity index (χ1v) is 6.09. The number of halogens is 1. The van der Waals surface area contributed by atoms with E-state index in [1.165, 1.54) is 25.0 Å². The first-order valence-electron chi connectivity index (χ1n) is 5.71. The summed E-state index contributed by atoms with van der Waals surface area (Å²) < 4.78 is 0. The Labute approximate surface area is 105 Å². The Morgan fingerprint density at radius 1 is 1.35 bits per heavy atom. The van der Waals surface area contributed by atoms with Crippen LogP contribution >= 0.6 is 11.6 Å². The zero-order valence-corrected chi connectivity index (χ0v) is 10.1. The van der Waals surface area contributed by atoms with Crippen LogP contribution in [0.25, 0.3) is 0 Å². The second-order valence-electron chi connectivity index (χ2n) is 4.24. The molecule has 1 aromatic carbocycles. The second kappa shape index (κ2) is 5.27. The van der Waals surface area contributed by atoms with Crippen LogP contribution in [-0.4, -0.2) is 17.2 Å². The van der Waals surface area contributed by atoms with Crippen molar-refractivity contribution in [3.8, 4) is 5.75 Å². The fourth-order valence-electron chi connectivity index (χ4n) is 2.02. The fraction of sp³-hybridized carbons (Fsp3) is 0.417. The zero-order valence-electron chi connectivity index (χ0n) is 9.37. The normalized spacial score (nSPS) is 15.8. The van der Waals surface area contributed by atoms with E-state index in [4.69, 9.17) is 11.6 Å². The predicted octanol–water partition coefficient (Wildman–Crippen LogP) is 3.11. The number of phenols is 1. The Morgan fingerprint density at radius 2 is 2.06 bits per heavy atom. The van der Waals surface area contributed by atoms with Crippen LogP contribution in [-0.2, 0) is 0 Å². The van der Waals surface area contributed by atoms with E-state index in [0.29, 0.717) is 10.7 Å². The molecule has 0 aromatic heterocycles. The SMILES string of the molecule is O=C(Nc1ccc(O)cc1Cl)NC1CCCC1. The minimum Gasteiger partial charge on any atom is -0.508 e. The number of anilines is 1. The summed E-state index contributed by atoms with van der Waals surface area (Å²) in [5.74, 6) is 0.0803. The molecule has 0 unspecified atom stereocenters. The average Bonchev–Trinajstić information content (AvgIpc) is 2.75. The molecule has 5 heteroatoms. The first-order chi connectivity index (χ1) is 8.15. The Bertz CT molecular complexity index is 417. The average molecular weight is 255 g/mol. The van der Waals surface area contributed by atoms with E-state index in [1.807, 2.05) is 0 Å². The molecule has 1 fully saturated rings. The molecule has 92 valence electrons. The van der Waals surface area contributed by atoms with Crippen LogP contribution in [0.4, 0.5) is 10.5 Å². The highest BCUT2D eigenvalue weighted by Crippen LogP contribution is 2.26. The second-order valence-corrected chi connectivity index (χ2v) is 4.65. The van der Waals surface area contributed by atoms with Crippen molar-refractivity contribution in [3.63, 3.8) is 0 Å². The van der Waals surface area contributed by atoms with Gasteiger partial charge < -0.3 is 15.7 Å². The van der Waals surface area contributed by atoms with Crippen LogP contribution in [0, 0.1) is 0 Å². The van der Waals surface area contributed by atoms with E-state index >= 15 is 0 Å². The number of carbonyl (C=O) groups excluding carboxylic acids is 1. The van der Waals surface area contributed by atoms with Crippen molar-refractivity contribution in [1.82, 2.24) is 5.32 Å². The maximum atomic E-state index is 11.7. The summed E-state index contributed by atoms with van der Waals surface area (Å²) in [6.45, 7) is 0. The number of aromatic hydroxyl groups is 1. The number of nitrogens with one attached hydrogen (secondary N) is 2. The van der Waals surface area contributed by atoms with Crippen molar-refractivity contribution in [3.05, 3.63) is 23.2 Å². The van der Waals surface area contributed by atoms with E-state index in [2.05, 4.69) is 10.6 Å². The van der Waals surface area contributed by atoms with Crippen molar-refractivity contribution in [2.75, 3.05) is 5.32 Å². The van der Waals surface area contributed by atoms with Crippen molar-refractivity contribution in [2.24, 2.45) is 0 Å². The standard InChI is InChI=1S/C12H15ClN2O2/c13-10-7-9(16)5-6-11(10)15-12(17)14-8-3-1-2-4-8/h5-8,16H,1-4H2,(H2,14,15,17). The molecule has 0 radical (unpaired) electrons. The monoisotopic (exact) mass is 254 g/mol. The van der Waals surface area contributed by atoms with Crippen LogP contribution in [0.1, 0.15) is 25.7 Å². The predicted molar refractivity (Wildman–Crippen MR) is 67.5 cm³/mol. The molecule has 3 N–H and O–H groups in total. The summed E-state index contributed by atoms with van der Waals surface area (Å²) >= 11 is 5.89. The molecular formula is C12H15ClN2O2. The number of rotatable bonds is 2. The molecule has 0 aliphatic heterocycles. The van der Waals surface area contributed by atoms with Crippen molar-refractivity contribution in [2.45, 2.75) is 31.7 Å². The number of amides is 2. The van der Waals surface area contributed by atoms with Crippen LogP contribution in [0.3, 0.4) is 0 Å². The number of urea groups is 1. The Kier molecular flexibility index (Phi) is 3.74. The van der Waals surface area contributed by atoms with Gasteiger partial charge in [-0.2, -0.15) is 0 Å². The minimum atomic E-state index is -0.246. The lowest BCUT2D eigenvalue weighted by Gasteiger charge is -2.13. The largest absolute Gasteiger partial charge is 0.508 e. The zero-order chi connectivity index (χ0) is 12.3. The van der Waals surface area contributed by atoms with Gasteiger partial charge in [-0.25, -0.2) is 4.79 Å². The lowest BCUT2D eigenvalue weighted by Crippen LogP contribution is -2.36. The molecule has 0 bridgehead atoms. The van der Waals surface area contributed by atoms with E-state index < -0.39 is 0 Å². The van der Waals surface area contributed by atoms with Gasteiger partial charge in [-0.1, -0.05) is 24.4 Å². The van der Waals surface area contributed by atoms with Crippen LogP contribution in [0.5, 0.6) is 5.75 Å². The molecule has 0 spiro atoms. The molecule has 17 heavy (non-hydrogen) atoms. The number of hydrogen-bond acceptors (Lipinski definition) is 2. The lowest BCUT2D eigenvalue weighted by molar-refractivity contribution is 0.248. The lowest BCUT2D eigenvalue weighted by atomic mass is 10.2. The Balaban J connectivity index is 1.93. The first kappa shape index (κ1) is 12.0. The molecule has 2 amide bonds. The topological polar surface area (TPSA) is 61.4 Å². The number of hydrogen-bond donors (Lipinski definition) is 3. The van der Waals surface area contributed by atoms with Gasteiger partial charge in [0.25, 0.3) is 0 Å². The molecule has 0 saturated heterocycles. The van der Waals surface area contributed by atoms with Crippen molar-refractivity contribution in [1.29, 1.82) is 0 Å². The number of benzene rings is 1. The highest BCUT2D eigenvalue weighted by molar-refractivity contribution is 6.33. The molecule has 1 aromatic rings. The highest BCUT2D eigenvalue weighted by atomic mass is 35.5. The molecule has 4 nitrogen and oxygen atoms in total. The Hall–Kier alpha value is -1.42. The van der Waals surface area contributed by atoms with E-state index in [0.717, 1.165) is 12.8 Å². The fourth-order valence-corrected chi connectivity index (χ4v) is 2.24. The van der Waals surface area contributed by atoms with Crippen LogP contribution in [0.2, 0.25) is 5.02 Å². The van der Waals surface area contributed by atoms with Gasteiger partial charge in [-0.3, -0.25) is 0 Å². The third-order valence-electron chi connectivity index (χ3n) is 2.89. The van der Waals surface area contributed by atoms with Gasteiger partial charge >= 0.3 is 6.03 Å². The molecule has 1 saturated carbocycles. The quantitative estimate of drug-likeness (QED) is 0.710. The van der Waals surface area contributed by atoms with Gasteiger partial charge in [-0.05, 0) is 25.0 Å². The van der Waals surface area contributed by atoms with Crippen molar-refractivity contribution < 1.29 is 9.90 Å². The maximum Gasteiger partial charge on any atom is 0.319 e. The third kappa shape index (κ3) is 3.27. The minimum absolute atomic E-state index is 0.0803. The smallest absolute Gasteiger partial charge is 0.319 e. The van der Waals surface area contributed by atoms with Gasteiger partial charge in [0.15, 0.2) is 0 Å². The third-order valence-corrected chi connectivity index (χ3v) is 3.20. The number of phenolic OH excluding ortho intramolecular Hbond substituents is 1. The summed E-state index contributed by atoms with van der Waals surface area (Å²) in [5.41, 5.74) is 0.500. The van der Waals surface area contributed by atoms with Crippen LogP contribution < -0.4 is 10.6 Å². The van der Waals surface area contributed by atoms with E-state index in [1.54, 1.807) is 6.07 Å². The molecule has 1 aliphatic rings. The van der Waals surface area contributed by atoms with Crippen molar-refractivity contribution >= 4 is 23.3 Å². The molecular weight excluding hydrogens is 240 g/mol. The van der Waals surface area contributed by atoms with Gasteiger partial charge in [-0.15, -0.1) is 0 Å². The van der Waals surface area contributed by atoms with Gasteiger partial charge in [0.2, 0.25) is 0 Å². The summed E-state index contributed by atoms with van der Waals surface area (Å²) in [6, 6.07) is 4.48. The summed E-state index contributed by atoms with van der Waals surface area (Å²) in [5, 5.41) is 15.1. The molecule has 0 atom stereocenters. The molecule has 0 heterocycles. The van der Waals surface area contributed by atoms with Crippen LogP contribution in [0.15, 0.2) is 18.2 Å². The summed E-state index contributed by atoms with van der Waals surface area (Å²) in [7, 11) is 0.